The van der Waals surface area contributed by atoms with Gasteiger partial charge in [-0.1, -0.05) is 12.1 Å². The van der Waals surface area contributed by atoms with Crippen molar-refractivity contribution >= 4 is 11.6 Å². The number of aromatic nitrogens is 1. The zero-order valence-corrected chi connectivity index (χ0v) is 11.7. The highest BCUT2D eigenvalue weighted by Crippen LogP contribution is 2.14. The summed E-state index contributed by atoms with van der Waals surface area (Å²) < 4.78 is 1.94. The predicted molar refractivity (Wildman–Crippen MR) is 84.9 cm³/mol. The Kier molecular flexibility index (Phi) is 3.71. The Balaban J connectivity index is 1.83. The van der Waals surface area contributed by atoms with Crippen LogP contribution in [0.5, 0.6) is 0 Å². The molecule has 0 spiro atoms. The molecule has 0 aliphatic rings. The van der Waals surface area contributed by atoms with Crippen molar-refractivity contribution in [1.29, 1.82) is 5.26 Å². The summed E-state index contributed by atoms with van der Waals surface area (Å²) in [5.74, 6) is -0.205. The van der Waals surface area contributed by atoms with Crippen LogP contribution >= 0.6 is 0 Å². The molecule has 3 rings (SSSR count). The zero-order chi connectivity index (χ0) is 15.4. The Bertz CT molecular complexity index is 845. The molecule has 0 fully saturated rings. The number of nitrogens with zero attached hydrogens (tertiary/aromatic N) is 2. The molecular formula is C18H13N3O. The molecule has 1 amide bonds. The number of rotatable bonds is 3. The van der Waals surface area contributed by atoms with Crippen molar-refractivity contribution in [3.63, 3.8) is 0 Å². The van der Waals surface area contributed by atoms with Crippen LogP contribution in [0.2, 0.25) is 0 Å². The first-order chi connectivity index (χ1) is 10.8. The number of anilines is 1. The molecule has 0 aliphatic carbocycles. The third-order valence-corrected chi connectivity index (χ3v) is 3.26. The van der Waals surface area contributed by atoms with Crippen molar-refractivity contribution in [2.45, 2.75) is 0 Å². The van der Waals surface area contributed by atoms with E-state index in [1.165, 1.54) is 0 Å². The van der Waals surface area contributed by atoms with Crippen molar-refractivity contribution in [2.75, 3.05) is 5.32 Å². The van der Waals surface area contributed by atoms with Crippen molar-refractivity contribution in [2.24, 2.45) is 0 Å². The van der Waals surface area contributed by atoms with Crippen LogP contribution in [0.3, 0.4) is 0 Å². The molecule has 1 heterocycles. The number of carbonyl (C=O) groups excluding carboxylic acids is 1. The molecule has 2 aromatic carbocycles. The van der Waals surface area contributed by atoms with Gasteiger partial charge in [0.15, 0.2) is 0 Å². The molecule has 0 saturated heterocycles. The number of amides is 1. The highest BCUT2D eigenvalue weighted by molar-refractivity contribution is 6.04. The van der Waals surface area contributed by atoms with Gasteiger partial charge in [-0.2, -0.15) is 5.26 Å². The van der Waals surface area contributed by atoms with Gasteiger partial charge in [-0.15, -0.1) is 0 Å². The van der Waals surface area contributed by atoms with Gasteiger partial charge in [0.05, 0.1) is 11.6 Å². The molecule has 0 bridgehead atoms. The van der Waals surface area contributed by atoms with E-state index in [9.17, 15) is 4.79 Å². The first kappa shape index (κ1) is 13.7. The summed E-state index contributed by atoms with van der Waals surface area (Å²) in [6, 6.07) is 20.1. The Hall–Kier alpha value is -3.32. The summed E-state index contributed by atoms with van der Waals surface area (Å²) in [7, 11) is 0. The zero-order valence-electron chi connectivity index (χ0n) is 11.7. The lowest BCUT2D eigenvalue weighted by Gasteiger charge is -2.08. The van der Waals surface area contributed by atoms with Crippen molar-refractivity contribution < 1.29 is 4.79 Å². The third-order valence-electron chi connectivity index (χ3n) is 3.26. The first-order valence-corrected chi connectivity index (χ1v) is 6.81. The van der Waals surface area contributed by atoms with Crippen LogP contribution in [0.15, 0.2) is 73.1 Å². The fraction of sp³-hybridized carbons (Fsp3) is 0. The molecule has 3 aromatic rings. The largest absolute Gasteiger partial charge is 0.324 e. The van der Waals surface area contributed by atoms with Crippen molar-refractivity contribution in [3.05, 3.63) is 84.2 Å². The Morgan fingerprint density at radius 3 is 2.55 bits per heavy atom. The second-order valence-electron chi connectivity index (χ2n) is 4.79. The van der Waals surface area contributed by atoms with Crippen LogP contribution in [-0.2, 0) is 0 Å². The van der Waals surface area contributed by atoms with Crippen LogP contribution in [0.25, 0.3) is 5.69 Å². The summed E-state index contributed by atoms with van der Waals surface area (Å²) in [5, 5.41) is 11.7. The van der Waals surface area contributed by atoms with Gasteiger partial charge in [0.1, 0.15) is 0 Å². The second kappa shape index (κ2) is 5.98. The molecule has 4 nitrogen and oxygen atoms in total. The first-order valence-electron chi connectivity index (χ1n) is 6.81. The van der Waals surface area contributed by atoms with Crippen LogP contribution in [0, 0.1) is 11.3 Å². The van der Waals surface area contributed by atoms with Crippen molar-refractivity contribution in [3.8, 4) is 11.8 Å². The van der Waals surface area contributed by atoms with E-state index in [1.54, 1.807) is 30.3 Å². The minimum atomic E-state index is -0.205. The smallest absolute Gasteiger partial charge is 0.255 e. The van der Waals surface area contributed by atoms with E-state index in [4.69, 9.17) is 5.26 Å². The average molecular weight is 287 g/mol. The Morgan fingerprint density at radius 2 is 1.77 bits per heavy atom. The van der Waals surface area contributed by atoms with Gasteiger partial charge < -0.3 is 9.88 Å². The van der Waals surface area contributed by atoms with E-state index >= 15 is 0 Å². The maximum Gasteiger partial charge on any atom is 0.255 e. The van der Waals surface area contributed by atoms with Crippen LogP contribution in [0.4, 0.5) is 5.69 Å². The third kappa shape index (κ3) is 2.89. The highest BCUT2D eigenvalue weighted by Gasteiger charge is 2.07. The standard InChI is InChI=1S/C18H13N3O/c19-13-14-5-3-7-16(11-14)20-18(22)15-6-4-8-17(12-15)21-9-1-2-10-21/h1-12H,(H,20,22). The minimum absolute atomic E-state index is 0.205. The molecule has 0 unspecified atom stereocenters. The molecule has 0 aliphatic heterocycles. The topological polar surface area (TPSA) is 57.8 Å². The van der Waals surface area contributed by atoms with Gasteiger partial charge in [-0.05, 0) is 48.5 Å². The number of nitriles is 1. The van der Waals surface area contributed by atoms with E-state index in [-0.39, 0.29) is 5.91 Å². The van der Waals surface area contributed by atoms with E-state index in [1.807, 2.05) is 47.3 Å². The number of hydrogen-bond acceptors (Lipinski definition) is 2. The lowest BCUT2D eigenvalue weighted by molar-refractivity contribution is 0.102. The summed E-state index contributed by atoms with van der Waals surface area (Å²) >= 11 is 0. The predicted octanol–water partition coefficient (Wildman–Crippen LogP) is 3.60. The number of hydrogen-bond donors (Lipinski definition) is 1. The summed E-state index contributed by atoms with van der Waals surface area (Å²) in [6.45, 7) is 0. The van der Waals surface area contributed by atoms with Gasteiger partial charge in [-0.25, -0.2) is 0 Å². The molecule has 22 heavy (non-hydrogen) atoms. The van der Waals surface area contributed by atoms with Gasteiger partial charge >= 0.3 is 0 Å². The summed E-state index contributed by atoms with van der Waals surface area (Å²) in [4.78, 5) is 12.3. The van der Waals surface area contributed by atoms with Crippen LogP contribution < -0.4 is 5.32 Å². The molecule has 0 radical (unpaired) electrons. The van der Waals surface area contributed by atoms with Crippen molar-refractivity contribution in [1.82, 2.24) is 4.57 Å². The number of nitrogens with one attached hydrogen (secondary N) is 1. The van der Waals surface area contributed by atoms with Gasteiger partial charge in [0.2, 0.25) is 0 Å². The summed E-state index contributed by atoms with van der Waals surface area (Å²) in [5.41, 5.74) is 2.60. The number of benzene rings is 2. The maximum atomic E-state index is 12.3. The maximum absolute atomic E-state index is 12.3. The number of carbonyl (C=O) groups is 1. The lowest BCUT2D eigenvalue weighted by Crippen LogP contribution is -2.12. The van der Waals surface area contributed by atoms with E-state index in [0.717, 1.165) is 5.69 Å². The summed E-state index contributed by atoms with van der Waals surface area (Å²) in [6.07, 6.45) is 3.85. The Morgan fingerprint density at radius 1 is 1.00 bits per heavy atom. The highest BCUT2D eigenvalue weighted by atomic mass is 16.1. The molecular weight excluding hydrogens is 274 g/mol. The van der Waals surface area contributed by atoms with Crippen LogP contribution in [0.1, 0.15) is 15.9 Å². The fourth-order valence-electron chi connectivity index (χ4n) is 2.18. The lowest BCUT2D eigenvalue weighted by atomic mass is 10.1. The fourth-order valence-corrected chi connectivity index (χ4v) is 2.18. The quantitative estimate of drug-likeness (QED) is 0.800. The van der Waals surface area contributed by atoms with E-state index in [2.05, 4.69) is 11.4 Å². The normalized spacial score (nSPS) is 9.95. The molecule has 1 aromatic heterocycles. The van der Waals surface area contributed by atoms with E-state index in [0.29, 0.717) is 16.8 Å². The van der Waals surface area contributed by atoms with Gasteiger partial charge in [0.25, 0.3) is 5.91 Å². The molecule has 0 saturated carbocycles. The van der Waals surface area contributed by atoms with E-state index < -0.39 is 0 Å². The molecule has 0 atom stereocenters. The SMILES string of the molecule is N#Cc1cccc(NC(=O)c2cccc(-n3cccc3)c2)c1. The molecule has 1 N–H and O–H groups in total. The van der Waals surface area contributed by atoms with Gasteiger partial charge in [0, 0.05) is 29.3 Å². The molecule has 106 valence electrons. The molecule has 4 heteroatoms. The average Bonchev–Trinajstić information content (AvgIpc) is 3.09. The minimum Gasteiger partial charge on any atom is -0.324 e. The van der Waals surface area contributed by atoms with Crippen LogP contribution in [-0.4, -0.2) is 10.5 Å². The second-order valence-corrected chi connectivity index (χ2v) is 4.79. The van der Waals surface area contributed by atoms with Gasteiger partial charge in [-0.3, -0.25) is 4.79 Å². The Labute approximate surface area is 128 Å². The monoisotopic (exact) mass is 287 g/mol.